The summed E-state index contributed by atoms with van der Waals surface area (Å²) >= 11 is 1.21. The van der Waals surface area contributed by atoms with Gasteiger partial charge in [-0.05, 0) is 61.7 Å². The first-order valence-electron chi connectivity index (χ1n) is 12.0. The van der Waals surface area contributed by atoms with Crippen molar-refractivity contribution in [3.05, 3.63) is 70.1 Å². The van der Waals surface area contributed by atoms with Crippen LogP contribution in [0.3, 0.4) is 0 Å². The maximum absolute atomic E-state index is 13.3. The first-order valence-corrected chi connectivity index (χ1v) is 14.3. The highest BCUT2D eigenvalue weighted by Gasteiger charge is 2.30. The van der Waals surface area contributed by atoms with Gasteiger partial charge in [-0.25, -0.2) is 8.42 Å². The minimum atomic E-state index is -4.13. The first-order chi connectivity index (χ1) is 18.4. The lowest BCUT2D eigenvalue weighted by Gasteiger charge is -2.20. The molecule has 2 aromatic carbocycles. The predicted octanol–water partition coefficient (Wildman–Crippen LogP) is 2.22. The maximum atomic E-state index is 13.3. The number of ether oxygens (including phenoxy) is 1. The molecule has 13 heteroatoms. The van der Waals surface area contributed by atoms with Gasteiger partial charge in [0.25, 0.3) is 5.91 Å². The van der Waals surface area contributed by atoms with E-state index in [2.05, 4.69) is 15.4 Å². The number of rotatable bonds is 11. The molecule has 1 amide bonds. The van der Waals surface area contributed by atoms with Crippen LogP contribution in [0, 0.1) is 26.2 Å². The summed E-state index contributed by atoms with van der Waals surface area (Å²) in [7, 11) is -4.13. The third-order valence-electron chi connectivity index (χ3n) is 5.54. The molecule has 0 aliphatic heterocycles. The Morgan fingerprint density at radius 1 is 1.08 bits per heavy atom. The number of benzene rings is 2. The summed E-state index contributed by atoms with van der Waals surface area (Å²) in [5, 5.41) is 12.7. The second-order valence-corrected chi connectivity index (χ2v) is 11.6. The zero-order valence-corrected chi connectivity index (χ0v) is 23.5. The van der Waals surface area contributed by atoms with Gasteiger partial charge in [-0.15, -0.1) is 11.3 Å². The minimum absolute atomic E-state index is 0.0643. The van der Waals surface area contributed by atoms with Crippen LogP contribution in [0.4, 0.5) is 5.69 Å². The molecule has 8 N–H and O–H groups in total. The Kier molecular flexibility index (Phi) is 9.81. The number of anilines is 1. The van der Waals surface area contributed by atoms with Crippen LogP contribution in [0.2, 0.25) is 0 Å². The fourth-order valence-electron chi connectivity index (χ4n) is 4.07. The zero-order valence-electron chi connectivity index (χ0n) is 21.8. The molecular weight excluding hydrogens is 540 g/mol. The molecule has 0 fully saturated rings. The number of guanidine groups is 1. The lowest BCUT2D eigenvalue weighted by Crippen LogP contribution is -2.49. The van der Waals surface area contributed by atoms with E-state index in [9.17, 15) is 18.0 Å². The Balaban J connectivity index is 1.77. The van der Waals surface area contributed by atoms with Gasteiger partial charge >= 0.3 is 5.97 Å². The van der Waals surface area contributed by atoms with E-state index in [-0.39, 0.29) is 30.6 Å². The summed E-state index contributed by atoms with van der Waals surface area (Å²) < 4.78 is 34.0. The number of hydrogen-bond acceptors (Lipinski definition) is 8. The molecule has 1 heterocycles. The predicted molar refractivity (Wildman–Crippen MR) is 152 cm³/mol. The highest BCUT2D eigenvalue weighted by Crippen LogP contribution is 2.30. The van der Waals surface area contributed by atoms with Crippen molar-refractivity contribution in [1.29, 1.82) is 5.41 Å². The molecular formula is C26H32N6O5S2. The van der Waals surface area contributed by atoms with Gasteiger partial charge in [-0.3, -0.25) is 15.0 Å². The molecule has 0 aliphatic carbocycles. The van der Waals surface area contributed by atoms with E-state index >= 15 is 0 Å². The number of thiophene rings is 1. The standard InChI is InChI=1S/C26H32N6O5S2/c1-15-11-16(2)23(17(3)12-15)39(35,36)32-20(25(34)37-10-9-27)14-30-24(33)22-8-7-21(38-22)18-5-4-6-19(13-18)31-26(28)29/h4-8,11-13,20,32H,9-10,14,27H2,1-3H3,(H,30,33)(H4,28,29,31). The number of aryl methyl sites for hydroxylation is 3. The minimum Gasteiger partial charge on any atom is -0.463 e. The van der Waals surface area contributed by atoms with Gasteiger partial charge in [0.2, 0.25) is 10.0 Å². The molecule has 11 nitrogen and oxygen atoms in total. The number of nitrogens with one attached hydrogen (secondary N) is 4. The molecule has 208 valence electrons. The van der Waals surface area contributed by atoms with E-state index in [4.69, 9.17) is 21.6 Å². The number of carbonyl (C=O) groups excluding carboxylic acids is 2. The smallest absolute Gasteiger partial charge is 0.326 e. The molecule has 3 rings (SSSR count). The Labute approximate surface area is 231 Å². The third kappa shape index (κ3) is 7.86. The quantitative estimate of drug-likeness (QED) is 0.114. The molecule has 0 aliphatic rings. The Morgan fingerprint density at radius 3 is 2.41 bits per heavy atom. The topological polar surface area (TPSA) is 189 Å². The van der Waals surface area contributed by atoms with Crippen LogP contribution < -0.4 is 26.8 Å². The fraction of sp³-hybridized carbons (Fsp3) is 0.269. The molecule has 0 radical (unpaired) electrons. The summed E-state index contributed by atoms with van der Waals surface area (Å²) in [5.41, 5.74) is 14.2. The second-order valence-electron chi connectivity index (χ2n) is 8.85. The Hall–Kier alpha value is -3.78. The van der Waals surface area contributed by atoms with Gasteiger partial charge in [0.05, 0.1) is 9.77 Å². The van der Waals surface area contributed by atoms with Gasteiger partial charge in [0.1, 0.15) is 12.6 Å². The maximum Gasteiger partial charge on any atom is 0.326 e. The number of sulfonamides is 1. The number of carbonyl (C=O) groups is 2. The second kappa shape index (κ2) is 12.8. The Morgan fingerprint density at radius 2 is 1.77 bits per heavy atom. The van der Waals surface area contributed by atoms with Crippen molar-refractivity contribution in [2.24, 2.45) is 11.5 Å². The Bertz CT molecular complexity index is 1460. The largest absolute Gasteiger partial charge is 0.463 e. The number of nitrogens with two attached hydrogens (primary N) is 2. The molecule has 0 saturated heterocycles. The molecule has 1 unspecified atom stereocenters. The van der Waals surface area contributed by atoms with Crippen molar-refractivity contribution in [3.8, 4) is 10.4 Å². The summed E-state index contributed by atoms with van der Waals surface area (Å²) in [4.78, 5) is 26.8. The van der Waals surface area contributed by atoms with E-state index in [0.717, 1.165) is 16.0 Å². The van der Waals surface area contributed by atoms with Gasteiger partial charge < -0.3 is 26.8 Å². The van der Waals surface area contributed by atoms with Gasteiger partial charge in [-0.2, -0.15) is 4.72 Å². The molecule has 0 bridgehead atoms. The molecule has 0 saturated carbocycles. The van der Waals surface area contributed by atoms with E-state index in [1.807, 2.05) is 13.0 Å². The van der Waals surface area contributed by atoms with Crippen LogP contribution >= 0.6 is 11.3 Å². The summed E-state index contributed by atoms with van der Waals surface area (Å²) in [6, 6.07) is 12.7. The monoisotopic (exact) mass is 572 g/mol. The van der Waals surface area contributed by atoms with E-state index < -0.39 is 27.9 Å². The van der Waals surface area contributed by atoms with Crippen molar-refractivity contribution in [2.75, 3.05) is 25.0 Å². The number of esters is 1. The number of amides is 1. The molecule has 3 aromatic rings. The van der Waals surface area contributed by atoms with Crippen LogP contribution in [0.25, 0.3) is 10.4 Å². The van der Waals surface area contributed by atoms with E-state index in [1.54, 1.807) is 56.3 Å². The molecule has 0 spiro atoms. The van der Waals surface area contributed by atoms with E-state index in [1.165, 1.54) is 11.3 Å². The van der Waals surface area contributed by atoms with Gasteiger partial charge in [0.15, 0.2) is 5.96 Å². The van der Waals surface area contributed by atoms with E-state index in [0.29, 0.717) is 21.7 Å². The van der Waals surface area contributed by atoms with Crippen molar-refractivity contribution in [1.82, 2.24) is 10.0 Å². The number of hydrogen-bond donors (Lipinski definition) is 6. The lowest BCUT2D eigenvalue weighted by atomic mass is 10.1. The van der Waals surface area contributed by atoms with Crippen molar-refractivity contribution < 1.29 is 22.7 Å². The zero-order chi connectivity index (χ0) is 28.7. The fourth-order valence-corrected chi connectivity index (χ4v) is 6.63. The third-order valence-corrected chi connectivity index (χ3v) is 8.45. The summed E-state index contributed by atoms with van der Waals surface area (Å²) in [5.74, 6) is -1.53. The normalized spacial score (nSPS) is 12.0. The molecule has 1 atom stereocenters. The van der Waals surface area contributed by atoms with Crippen LogP contribution in [0.15, 0.2) is 53.4 Å². The van der Waals surface area contributed by atoms with Crippen molar-refractivity contribution in [2.45, 2.75) is 31.7 Å². The van der Waals surface area contributed by atoms with Gasteiger partial charge in [-0.1, -0.05) is 29.8 Å². The van der Waals surface area contributed by atoms with Gasteiger partial charge in [0, 0.05) is 23.7 Å². The molecule has 1 aromatic heterocycles. The van der Waals surface area contributed by atoms with Crippen LogP contribution in [-0.2, 0) is 19.6 Å². The first kappa shape index (κ1) is 29.8. The summed E-state index contributed by atoms with van der Waals surface area (Å²) in [6.07, 6.45) is 0. The highest BCUT2D eigenvalue weighted by molar-refractivity contribution is 7.89. The van der Waals surface area contributed by atoms with Crippen molar-refractivity contribution in [3.63, 3.8) is 0 Å². The van der Waals surface area contributed by atoms with Crippen LogP contribution in [0.1, 0.15) is 26.4 Å². The SMILES string of the molecule is Cc1cc(C)c(S(=O)(=O)NC(CNC(=O)c2ccc(-c3cccc(NC(=N)N)c3)s2)C(=O)OCCN)c(C)c1. The van der Waals surface area contributed by atoms with Crippen LogP contribution in [-0.4, -0.2) is 52.0 Å². The van der Waals surface area contributed by atoms with Crippen LogP contribution in [0.5, 0.6) is 0 Å². The summed E-state index contributed by atoms with van der Waals surface area (Å²) in [6.45, 7) is 4.85. The lowest BCUT2D eigenvalue weighted by molar-refractivity contribution is -0.145. The molecule has 39 heavy (non-hydrogen) atoms. The van der Waals surface area contributed by atoms with Crippen molar-refractivity contribution >= 4 is 44.9 Å². The average Bonchev–Trinajstić information content (AvgIpc) is 3.34. The average molecular weight is 573 g/mol. The highest BCUT2D eigenvalue weighted by atomic mass is 32.2.